The van der Waals surface area contributed by atoms with Crippen molar-refractivity contribution in [1.29, 1.82) is 0 Å². The average Bonchev–Trinajstić information content (AvgIpc) is 3.38. The molecule has 1 heterocycles. The van der Waals surface area contributed by atoms with E-state index in [1.807, 2.05) is 48.5 Å². The van der Waals surface area contributed by atoms with Crippen LogP contribution in [0, 0.1) is 11.8 Å². The molecule has 0 spiro atoms. The lowest BCUT2D eigenvalue weighted by Gasteiger charge is -2.20. The van der Waals surface area contributed by atoms with Gasteiger partial charge in [-0.05, 0) is 35.8 Å². The molecule has 35 heavy (non-hydrogen) atoms. The molecule has 4 rings (SSSR count). The van der Waals surface area contributed by atoms with Crippen LogP contribution in [0.2, 0.25) is 0 Å². The van der Waals surface area contributed by atoms with Gasteiger partial charge in [-0.2, -0.15) is 0 Å². The third-order valence-corrected chi connectivity index (χ3v) is 7.07. The van der Waals surface area contributed by atoms with Gasteiger partial charge in [0.05, 0.1) is 12.0 Å². The van der Waals surface area contributed by atoms with Crippen LogP contribution in [-0.4, -0.2) is 29.9 Å². The first-order valence-corrected chi connectivity index (χ1v) is 12.8. The molecular formula is C30H34O5. The van der Waals surface area contributed by atoms with Crippen LogP contribution in [0.3, 0.4) is 0 Å². The van der Waals surface area contributed by atoms with Crippen LogP contribution in [-0.2, 0) is 19.1 Å². The molecule has 2 aromatic rings. The van der Waals surface area contributed by atoms with Gasteiger partial charge in [-0.15, -0.1) is 0 Å². The molecule has 4 atom stereocenters. The smallest absolute Gasteiger partial charge is 0.338 e. The minimum Gasteiger partial charge on any atom is -0.462 e. The number of benzene rings is 2. The lowest BCUT2D eigenvalue weighted by molar-refractivity contribution is -0.141. The van der Waals surface area contributed by atoms with Crippen molar-refractivity contribution >= 4 is 17.7 Å². The maximum Gasteiger partial charge on any atom is 0.338 e. The summed E-state index contributed by atoms with van der Waals surface area (Å²) < 4.78 is 11.4. The first-order chi connectivity index (χ1) is 17.0. The Bertz CT molecular complexity index is 1040. The summed E-state index contributed by atoms with van der Waals surface area (Å²) >= 11 is 0. The molecule has 1 saturated heterocycles. The molecular weight excluding hydrogens is 440 g/mol. The van der Waals surface area contributed by atoms with Gasteiger partial charge < -0.3 is 9.47 Å². The van der Waals surface area contributed by atoms with E-state index < -0.39 is 12.1 Å². The predicted molar refractivity (Wildman–Crippen MR) is 135 cm³/mol. The molecule has 0 amide bonds. The minimum absolute atomic E-state index is 0.0608. The molecule has 2 fully saturated rings. The Morgan fingerprint density at radius 1 is 0.971 bits per heavy atom. The van der Waals surface area contributed by atoms with Crippen LogP contribution in [0.1, 0.15) is 68.6 Å². The molecule has 1 aliphatic carbocycles. The molecule has 0 radical (unpaired) electrons. The van der Waals surface area contributed by atoms with Gasteiger partial charge in [0, 0.05) is 24.7 Å². The second-order valence-electron chi connectivity index (χ2n) is 9.59. The normalized spacial score (nSPS) is 23.3. The van der Waals surface area contributed by atoms with E-state index in [2.05, 4.69) is 6.92 Å². The zero-order valence-corrected chi connectivity index (χ0v) is 20.4. The van der Waals surface area contributed by atoms with Gasteiger partial charge in [-0.25, -0.2) is 4.79 Å². The Kier molecular flexibility index (Phi) is 8.51. The highest BCUT2D eigenvalue weighted by Crippen LogP contribution is 2.43. The maximum atomic E-state index is 12.9. The fourth-order valence-electron chi connectivity index (χ4n) is 5.13. The van der Waals surface area contributed by atoms with E-state index >= 15 is 0 Å². The summed E-state index contributed by atoms with van der Waals surface area (Å²) in [5, 5.41) is 0. The quantitative estimate of drug-likeness (QED) is 0.217. The molecule has 2 aliphatic rings. The van der Waals surface area contributed by atoms with Gasteiger partial charge in [-0.1, -0.05) is 81.1 Å². The largest absolute Gasteiger partial charge is 0.462 e. The van der Waals surface area contributed by atoms with Crippen molar-refractivity contribution in [2.45, 2.75) is 70.5 Å². The second-order valence-corrected chi connectivity index (χ2v) is 9.59. The molecule has 1 aliphatic heterocycles. The van der Waals surface area contributed by atoms with Crippen molar-refractivity contribution in [1.82, 2.24) is 0 Å². The third kappa shape index (κ3) is 6.47. The first kappa shape index (κ1) is 24.9. The van der Waals surface area contributed by atoms with E-state index in [0.29, 0.717) is 24.8 Å². The summed E-state index contributed by atoms with van der Waals surface area (Å²) in [6.45, 7) is 2.17. The fourth-order valence-corrected chi connectivity index (χ4v) is 5.13. The Labute approximate surface area is 207 Å². The van der Waals surface area contributed by atoms with Crippen molar-refractivity contribution in [3.05, 3.63) is 72.3 Å². The Morgan fingerprint density at radius 3 is 2.43 bits per heavy atom. The van der Waals surface area contributed by atoms with E-state index in [1.165, 1.54) is 12.8 Å². The topological polar surface area (TPSA) is 69.7 Å². The van der Waals surface area contributed by atoms with E-state index in [0.717, 1.165) is 30.4 Å². The van der Waals surface area contributed by atoms with Crippen molar-refractivity contribution < 1.29 is 23.9 Å². The van der Waals surface area contributed by atoms with Crippen molar-refractivity contribution in [2.75, 3.05) is 0 Å². The molecule has 184 valence electrons. The van der Waals surface area contributed by atoms with Crippen LogP contribution in [0.15, 0.2) is 66.7 Å². The number of fused-ring (bicyclic) bond motifs is 1. The number of rotatable bonds is 11. The average molecular weight is 475 g/mol. The lowest BCUT2D eigenvalue weighted by atomic mass is 9.91. The van der Waals surface area contributed by atoms with Crippen LogP contribution < -0.4 is 0 Å². The molecule has 5 nitrogen and oxygen atoms in total. The summed E-state index contributed by atoms with van der Waals surface area (Å²) in [5.41, 5.74) is 2.58. The van der Waals surface area contributed by atoms with Crippen LogP contribution in [0.25, 0.3) is 11.1 Å². The third-order valence-electron chi connectivity index (χ3n) is 7.07. The molecule has 2 aromatic carbocycles. The van der Waals surface area contributed by atoms with Gasteiger partial charge in [0.15, 0.2) is 5.78 Å². The maximum absolute atomic E-state index is 12.9. The van der Waals surface area contributed by atoms with Gasteiger partial charge in [0.25, 0.3) is 0 Å². The van der Waals surface area contributed by atoms with Crippen LogP contribution in [0.5, 0.6) is 0 Å². The number of allylic oxidation sites excluding steroid dienone is 1. The minimum atomic E-state index is -0.423. The number of unbranched alkanes of at least 4 members (excludes halogenated alkanes) is 4. The fraction of sp³-hybridized carbons (Fsp3) is 0.433. The number of esters is 2. The van der Waals surface area contributed by atoms with E-state index in [4.69, 9.17) is 9.47 Å². The Hall–Kier alpha value is -3.21. The number of carbonyl (C=O) groups excluding carboxylic acids is 3. The van der Waals surface area contributed by atoms with Crippen molar-refractivity contribution in [3.8, 4) is 11.1 Å². The van der Waals surface area contributed by atoms with Gasteiger partial charge in [0.2, 0.25) is 0 Å². The highest BCUT2D eigenvalue weighted by molar-refractivity contribution is 5.91. The number of hydrogen-bond donors (Lipinski definition) is 0. The molecule has 0 N–H and O–H groups in total. The molecule has 0 unspecified atom stereocenters. The van der Waals surface area contributed by atoms with Crippen molar-refractivity contribution in [2.24, 2.45) is 11.8 Å². The number of ketones is 1. The van der Waals surface area contributed by atoms with E-state index in [9.17, 15) is 14.4 Å². The molecule has 0 bridgehead atoms. The first-order valence-electron chi connectivity index (χ1n) is 12.8. The summed E-state index contributed by atoms with van der Waals surface area (Å²) in [6, 6.07) is 17.3. The van der Waals surface area contributed by atoms with Crippen LogP contribution in [0.4, 0.5) is 0 Å². The number of carbonyl (C=O) groups is 3. The van der Waals surface area contributed by atoms with E-state index in [1.54, 1.807) is 18.2 Å². The number of hydrogen-bond acceptors (Lipinski definition) is 5. The summed E-state index contributed by atoms with van der Waals surface area (Å²) in [7, 11) is 0. The number of ether oxygens (including phenoxy) is 2. The van der Waals surface area contributed by atoms with Gasteiger partial charge in [0.1, 0.15) is 12.2 Å². The zero-order valence-electron chi connectivity index (χ0n) is 20.4. The molecule has 1 saturated carbocycles. The summed E-state index contributed by atoms with van der Waals surface area (Å²) in [4.78, 5) is 37.2. The summed E-state index contributed by atoms with van der Waals surface area (Å²) in [5.74, 6) is -0.808. The lowest BCUT2D eigenvalue weighted by Crippen LogP contribution is -2.25. The monoisotopic (exact) mass is 474 g/mol. The van der Waals surface area contributed by atoms with E-state index in [-0.39, 0.29) is 29.7 Å². The van der Waals surface area contributed by atoms with Gasteiger partial charge >= 0.3 is 11.9 Å². The Morgan fingerprint density at radius 2 is 1.69 bits per heavy atom. The van der Waals surface area contributed by atoms with Crippen molar-refractivity contribution in [3.63, 3.8) is 0 Å². The Balaban J connectivity index is 1.38. The highest BCUT2D eigenvalue weighted by Gasteiger charge is 2.50. The zero-order chi connectivity index (χ0) is 24.6. The predicted octanol–water partition coefficient (Wildman–Crippen LogP) is 6.32. The highest BCUT2D eigenvalue weighted by atomic mass is 16.6. The van der Waals surface area contributed by atoms with Crippen LogP contribution >= 0.6 is 0 Å². The SMILES string of the molecule is CCCCCCCC(=O)/C=C/[C@H]1[C@@H]2CC(=O)O[C@@H]2C[C@@H]1OC(=O)c1ccc(-c2ccccc2)cc1. The second kappa shape index (κ2) is 12.0. The molecule has 5 heteroatoms. The molecule has 0 aromatic heterocycles. The standard InChI is InChI=1S/C30H34O5/c1-2-3-4-5-9-12-24(31)17-18-25-26-19-29(32)34-28(26)20-27(25)35-30(33)23-15-13-22(14-16-23)21-10-7-6-8-11-21/h6-8,10-11,13-18,25-28H,2-5,9,12,19-20H2,1H3/b18-17+/t25-,26-,27-,28+/m0/s1. The van der Waals surface area contributed by atoms with Gasteiger partial charge in [-0.3, -0.25) is 9.59 Å². The summed E-state index contributed by atoms with van der Waals surface area (Å²) in [6.07, 6.45) is 9.54.